The van der Waals surface area contributed by atoms with E-state index in [1.165, 1.54) is 12.1 Å². The van der Waals surface area contributed by atoms with Gasteiger partial charge in [-0.3, -0.25) is 9.89 Å². The number of benzene rings is 2. The summed E-state index contributed by atoms with van der Waals surface area (Å²) in [6, 6.07) is 15.3. The van der Waals surface area contributed by atoms with Crippen LogP contribution in [-0.2, 0) is 0 Å². The van der Waals surface area contributed by atoms with Crippen LogP contribution in [0.5, 0.6) is 0 Å². The number of hydrogen-bond acceptors (Lipinski definition) is 3. The fourth-order valence-electron chi connectivity index (χ4n) is 2.97. The van der Waals surface area contributed by atoms with Gasteiger partial charge in [-0.2, -0.15) is 5.10 Å². The first-order chi connectivity index (χ1) is 12.5. The largest absolute Gasteiger partial charge is 0.366 e. The van der Waals surface area contributed by atoms with Crippen LogP contribution in [0.15, 0.2) is 54.6 Å². The van der Waals surface area contributed by atoms with Crippen molar-refractivity contribution in [3.05, 3.63) is 71.5 Å². The zero-order chi connectivity index (χ0) is 18.3. The Balaban J connectivity index is 1.85. The number of aryl methyl sites for hydroxylation is 1. The summed E-state index contributed by atoms with van der Waals surface area (Å²) in [6.45, 7) is 1.94. The SMILES string of the molecule is Cc1ccc(C(N)=O)c(-c2ccc3c(-c4ccc(F)cc4)[nH]nc3n2)c1. The van der Waals surface area contributed by atoms with Crippen molar-refractivity contribution in [3.8, 4) is 22.5 Å². The van der Waals surface area contributed by atoms with Crippen molar-refractivity contribution in [1.29, 1.82) is 0 Å². The van der Waals surface area contributed by atoms with Crippen molar-refractivity contribution in [2.24, 2.45) is 5.73 Å². The summed E-state index contributed by atoms with van der Waals surface area (Å²) in [6.07, 6.45) is 0. The molecule has 2 aromatic carbocycles. The molecule has 0 unspecified atom stereocenters. The summed E-state index contributed by atoms with van der Waals surface area (Å²) >= 11 is 0. The zero-order valence-corrected chi connectivity index (χ0v) is 14.0. The summed E-state index contributed by atoms with van der Waals surface area (Å²) in [5.74, 6) is -0.799. The van der Waals surface area contributed by atoms with Gasteiger partial charge in [0.05, 0.1) is 11.4 Å². The molecule has 4 rings (SSSR count). The molecule has 0 radical (unpaired) electrons. The molecule has 0 spiro atoms. The van der Waals surface area contributed by atoms with Crippen molar-refractivity contribution in [3.63, 3.8) is 0 Å². The molecule has 0 aliphatic rings. The monoisotopic (exact) mass is 346 g/mol. The molecule has 5 nitrogen and oxygen atoms in total. The maximum Gasteiger partial charge on any atom is 0.249 e. The van der Waals surface area contributed by atoms with E-state index in [1.807, 2.05) is 31.2 Å². The van der Waals surface area contributed by atoms with Gasteiger partial charge in [0.2, 0.25) is 5.91 Å². The number of primary amides is 1. The smallest absolute Gasteiger partial charge is 0.249 e. The quantitative estimate of drug-likeness (QED) is 0.591. The lowest BCUT2D eigenvalue weighted by molar-refractivity contribution is 0.100. The summed E-state index contributed by atoms with van der Waals surface area (Å²) in [7, 11) is 0. The van der Waals surface area contributed by atoms with E-state index in [0.717, 1.165) is 22.2 Å². The van der Waals surface area contributed by atoms with Gasteiger partial charge in [-0.25, -0.2) is 9.37 Å². The summed E-state index contributed by atoms with van der Waals surface area (Å²) in [4.78, 5) is 16.3. The van der Waals surface area contributed by atoms with Gasteiger partial charge in [-0.05, 0) is 55.5 Å². The third-order valence-electron chi connectivity index (χ3n) is 4.27. The van der Waals surface area contributed by atoms with E-state index in [4.69, 9.17) is 5.73 Å². The van der Waals surface area contributed by atoms with Crippen molar-refractivity contribution in [2.45, 2.75) is 6.92 Å². The summed E-state index contributed by atoms with van der Waals surface area (Å²) in [5.41, 5.74) is 10.3. The highest BCUT2D eigenvalue weighted by atomic mass is 19.1. The van der Waals surface area contributed by atoms with Crippen molar-refractivity contribution >= 4 is 16.9 Å². The van der Waals surface area contributed by atoms with Crippen molar-refractivity contribution < 1.29 is 9.18 Å². The molecule has 6 heteroatoms. The molecule has 0 aliphatic carbocycles. The predicted molar refractivity (Wildman–Crippen MR) is 98.0 cm³/mol. The van der Waals surface area contributed by atoms with Crippen LogP contribution >= 0.6 is 0 Å². The molecule has 0 atom stereocenters. The molecule has 0 bridgehead atoms. The lowest BCUT2D eigenvalue weighted by Gasteiger charge is -2.07. The Kier molecular flexibility index (Phi) is 3.73. The van der Waals surface area contributed by atoms with Gasteiger partial charge in [0, 0.05) is 22.1 Å². The number of aromatic nitrogens is 3. The summed E-state index contributed by atoms with van der Waals surface area (Å²) < 4.78 is 13.1. The van der Waals surface area contributed by atoms with Gasteiger partial charge in [0.25, 0.3) is 0 Å². The number of hydrogen-bond donors (Lipinski definition) is 2. The third kappa shape index (κ3) is 2.71. The highest BCUT2D eigenvalue weighted by Gasteiger charge is 2.14. The maximum absolute atomic E-state index is 13.1. The Labute approximate surface area is 148 Å². The molecule has 0 saturated heterocycles. The number of nitrogens with zero attached hydrogens (tertiary/aromatic N) is 2. The first kappa shape index (κ1) is 16.0. The normalized spacial score (nSPS) is 11.0. The molecule has 128 valence electrons. The predicted octanol–water partition coefficient (Wildman–Crippen LogP) is 3.84. The van der Waals surface area contributed by atoms with E-state index in [-0.39, 0.29) is 5.82 Å². The van der Waals surface area contributed by atoms with Gasteiger partial charge in [0.15, 0.2) is 5.65 Å². The molecule has 26 heavy (non-hydrogen) atoms. The number of rotatable bonds is 3. The minimum absolute atomic E-state index is 0.295. The number of carbonyl (C=O) groups is 1. The number of H-pyrrole nitrogens is 1. The summed E-state index contributed by atoms with van der Waals surface area (Å²) in [5, 5.41) is 8.02. The Morgan fingerprint density at radius 1 is 1.08 bits per heavy atom. The number of carbonyl (C=O) groups excluding carboxylic acids is 1. The molecule has 3 N–H and O–H groups in total. The topological polar surface area (TPSA) is 84.7 Å². The third-order valence-corrected chi connectivity index (χ3v) is 4.27. The lowest BCUT2D eigenvalue weighted by atomic mass is 10.00. The van der Waals surface area contributed by atoms with E-state index in [9.17, 15) is 9.18 Å². The Bertz CT molecular complexity index is 1130. The molecule has 2 aromatic heterocycles. The molecule has 0 aliphatic heterocycles. The Hall–Kier alpha value is -3.54. The minimum Gasteiger partial charge on any atom is -0.366 e. The number of pyridine rings is 1. The number of nitrogens with one attached hydrogen (secondary N) is 1. The highest BCUT2D eigenvalue weighted by molar-refractivity contribution is 6.00. The number of aromatic amines is 1. The number of amides is 1. The first-order valence-electron chi connectivity index (χ1n) is 8.05. The standard InChI is InChI=1S/C20H15FN4O/c1-11-2-7-14(19(22)26)16(10-11)17-9-8-15-18(24-25-20(15)23-17)12-3-5-13(21)6-4-12/h2-10H,1H3,(H2,22,26)(H,23,24,25). The maximum atomic E-state index is 13.1. The van der Waals surface area contributed by atoms with E-state index < -0.39 is 5.91 Å². The Morgan fingerprint density at radius 2 is 1.85 bits per heavy atom. The van der Waals surface area contributed by atoms with Crippen LogP contribution in [-0.4, -0.2) is 21.1 Å². The van der Waals surface area contributed by atoms with E-state index in [2.05, 4.69) is 15.2 Å². The van der Waals surface area contributed by atoms with Crippen LogP contribution in [0.3, 0.4) is 0 Å². The van der Waals surface area contributed by atoms with Crippen molar-refractivity contribution in [2.75, 3.05) is 0 Å². The van der Waals surface area contributed by atoms with Crippen LogP contribution in [0.25, 0.3) is 33.5 Å². The van der Waals surface area contributed by atoms with Crippen molar-refractivity contribution in [1.82, 2.24) is 15.2 Å². The zero-order valence-electron chi connectivity index (χ0n) is 14.0. The van der Waals surface area contributed by atoms with Gasteiger partial charge in [-0.1, -0.05) is 11.6 Å². The molecule has 0 saturated carbocycles. The van der Waals surface area contributed by atoms with Crippen LogP contribution in [0.1, 0.15) is 15.9 Å². The first-order valence-corrected chi connectivity index (χ1v) is 8.05. The number of nitrogens with two attached hydrogens (primary N) is 1. The van der Waals surface area contributed by atoms with Gasteiger partial charge < -0.3 is 5.73 Å². The van der Waals surface area contributed by atoms with Crippen LogP contribution in [0, 0.1) is 12.7 Å². The van der Waals surface area contributed by atoms with Gasteiger partial charge in [0.1, 0.15) is 5.82 Å². The average Bonchev–Trinajstić information content (AvgIpc) is 3.05. The molecular formula is C20H15FN4O. The highest BCUT2D eigenvalue weighted by Crippen LogP contribution is 2.29. The average molecular weight is 346 g/mol. The fraction of sp³-hybridized carbons (Fsp3) is 0.0500. The van der Waals surface area contributed by atoms with Gasteiger partial charge >= 0.3 is 0 Å². The van der Waals surface area contributed by atoms with Gasteiger partial charge in [-0.15, -0.1) is 0 Å². The number of fused-ring (bicyclic) bond motifs is 1. The fourth-order valence-corrected chi connectivity index (χ4v) is 2.97. The molecule has 2 heterocycles. The Morgan fingerprint density at radius 3 is 2.58 bits per heavy atom. The minimum atomic E-state index is -0.504. The molecular weight excluding hydrogens is 331 g/mol. The van der Waals surface area contributed by atoms with Crippen LogP contribution in [0.2, 0.25) is 0 Å². The van der Waals surface area contributed by atoms with Crippen LogP contribution in [0.4, 0.5) is 4.39 Å². The molecule has 1 amide bonds. The second kappa shape index (κ2) is 6.07. The second-order valence-electron chi connectivity index (χ2n) is 6.09. The van der Waals surface area contributed by atoms with E-state index in [0.29, 0.717) is 22.5 Å². The number of halogens is 1. The molecule has 0 fully saturated rings. The van der Waals surface area contributed by atoms with E-state index >= 15 is 0 Å². The van der Waals surface area contributed by atoms with Crippen LogP contribution < -0.4 is 5.73 Å². The van der Waals surface area contributed by atoms with E-state index in [1.54, 1.807) is 18.2 Å². The second-order valence-corrected chi connectivity index (χ2v) is 6.09. The molecule has 4 aromatic rings. The lowest BCUT2D eigenvalue weighted by Crippen LogP contribution is -2.12.